The van der Waals surface area contributed by atoms with Crippen LogP contribution in [0.25, 0.3) is 0 Å². The molecule has 1 saturated carbocycles. The fourth-order valence-electron chi connectivity index (χ4n) is 2.73. The lowest BCUT2D eigenvalue weighted by molar-refractivity contribution is -0.142. The van der Waals surface area contributed by atoms with Gasteiger partial charge in [-0.25, -0.2) is 0 Å². The fraction of sp³-hybridized carbons (Fsp3) is 0.900. The summed E-state index contributed by atoms with van der Waals surface area (Å²) in [5, 5.41) is 9.00. The Kier molecular flexibility index (Phi) is 2.54. The first-order valence-corrected chi connectivity index (χ1v) is 5.27. The van der Waals surface area contributed by atoms with Crippen LogP contribution in [-0.2, 0) is 4.79 Å². The molecule has 0 aromatic carbocycles. The molecule has 0 radical (unpaired) electrons. The number of carboxylic acids is 1. The molecule has 2 rings (SSSR count). The summed E-state index contributed by atoms with van der Waals surface area (Å²) in [6, 6.07) is 0.395. The average Bonchev–Trinajstić information content (AvgIpc) is 2.74. The summed E-state index contributed by atoms with van der Waals surface area (Å²) in [4.78, 5) is 13.1. The van der Waals surface area contributed by atoms with Crippen molar-refractivity contribution in [2.45, 2.75) is 50.6 Å². The molecule has 1 N–H and O–H groups in total. The van der Waals surface area contributed by atoms with Crippen LogP contribution in [0.15, 0.2) is 0 Å². The van der Waals surface area contributed by atoms with Gasteiger partial charge in [0.1, 0.15) is 6.04 Å². The molecule has 0 amide bonds. The number of likely N-dealkylation sites (tertiary alicyclic amines) is 1. The van der Waals surface area contributed by atoms with E-state index in [1.807, 2.05) is 0 Å². The maximum atomic E-state index is 10.9. The summed E-state index contributed by atoms with van der Waals surface area (Å²) >= 11 is 0. The van der Waals surface area contributed by atoms with E-state index in [9.17, 15) is 4.79 Å². The lowest BCUT2D eigenvalue weighted by atomic mass is 10.1. The average molecular weight is 183 g/mol. The Bertz CT molecular complexity index is 199. The smallest absolute Gasteiger partial charge is 0.320 e. The minimum Gasteiger partial charge on any atom is -0.480 e. The van der Waals surface area contributed by atoms with E-state index < -0.39 is 5.97 Å². The second-order valence-corrected chi connectivity index (χ2v) is 4.17. The van der Waals surface area contributed by atoms with Crippen LogP contribution in [-0.4, -0.2) is 34.6 Å². The van der Waals surface area contributed by atoms with Crippen LogP contribution in [0.5, 0.6) is 0 Å². The molecule has 1 atom stereocenters. The Hall–Kier alpha value is -0.570. The third-order valence-corrected chi connectivity index (χ3v) is 3.37. The second-order valence-electron chi connectivity index (χ2n) is 4.17. The highest BCUT2D eigenvalue weighted by molar-refractivity contribution is 5.73. The van der Waals surface area contributed by atoms with E-state index in [0.29, 0.717) is 6.04 Å². The van der Waals surface area contributed by atoms with Crippen LogP contribution < -0.4 is 0 Å². The third kappa shape index (κ3) is 1.70. The van der Waals surface area contributed by atoms with Crippen molar-refractivity contribution < 1.29 is 9.90 Å². The van der Waals surface area contributed by atoms with Crippen LogP contribution in [0, 0.1) is 0 Å². The summed E-state index contributed by atoms with van der Waals surface area (Å²) in [5.74, 6) is -0.621. The Morgan fingerprint density at radius 3 is 2.46 bits per heavy atom. The maximum absolute atomic E-state index is 10.9. The Labute approximate surface area is 78.7 Å². The SMILES string of the molecule is O=C(O)[C@@H]1CCCN1C1CCCC1. The van der Waals surface area contributed by atoms with Crippen molar-refractivity contribution >= 4 is 5.97 Å². The fourth-order valence-corrected chi connectivity index (χ4v) is 2.73. The minimum atomic E-state index is -0.621. The predicted octanol–water partition coefficient (Wildman–Crippen LogP) is 1.48. The zero-order valence-electron chi connectivity index (χ0n) is 7.91. The first kappa shape index (κ1) is 9.00. The Morgan fingerprint density at radius 2 is 1.85 bits per heavy atom. The minimum absolute atomic E-state index is 0.178. The highest BCUT2D eigenvalue weighted by atomic mass is 16.4. The van der Waals surface area contributed by atoms with Gasteiger partial charge in [-0.15, -0.1) is 0 Å². The first-order valence-electron chi connectivity index (χ1n) is 5.27. The molecule has 1 heterocycles. The molecule has 0 bridgehead atoms. The molecule has 3 nitrogen and oxygen atoms in total. The Morgan fingerprint density at radius 1 is 1.15 bits per heavy atom. The molecule has 1 saturated heterocycles. The van der Waals surface area contributed by atoms with Crippen LogP contribution in [0.2, 0.25) is 0 Å². The second kappa shape index (κ2) is 3.66. The third-order valence-electron chi connectivity index (χ3n) is 3.37. The van der Waals surface area contributed by atoms with E-state index in [2.05, 4.69) is 4.90 Å². The molecular weight excluding hydrogens is 166 g/mol. The summed E-state index contributed by atoms with van der Waals surface area (Å²) in [6.45, 7) is 1.00. The summed E-state index contributed by atoms with van der Waals surface area (Å²) < 4.78 is 0. The molecule has 13 heavy (non-hydrogen) atoms. The number of hydrogen-bond donors (Lipinski definition) is 1. The van der Waals surface area contributed by atoms with Gasteiger partial charge in [-0.05, 0) is 32.2 Å². The van der Waals surface area contributed by atoms with Crippen molar-refractivity contribution in [2.24, 2.45) is 0 Å². The van der Waals surface area contributed by atoms with Gasteiger partial charge in [0, 0.05) is 6.04 Å². The number of aliphatic carboxylic acids is 1. The van der Waals surface area contributed by atoms with Gasteiger partial charge < -0.3 is 5.11 Å². The van der Waals surface area contributed by atoms with Gasteiger partial charge >= 0.3 is 5.97 Å². The van der Waals surface area contributed by atoms with Crippen LogP contribution in [0.3, 0.4) is 0 Å². The van der Waals surface area contributed by atoms with Crippen molar-refractivity contribution in [3.8, 4) is 0 Å². The van der Waals surface area contributed by atoms with Crippen LogP contribution in [0.1, 0.15) is 38.5 Å². The topological polar surface area (TPSA) is 40.5 Å². The lowest BCUT2D eigenvalue weighted by Crippen LogP contribution is -2.41. The van der Waals surface area contributed by atoms with Gasteiger partial charge in [-0.3, -0.25) is 9.69 Å². The molecule has 1 aliphatic heterocycles. The van der Waals surface area contributed by atoms with E-state index in [1.165, 1.54) is 25.7 Å². The molecular formula is C10H17NO2. The maximum Gasteiger partial charge on any atom is 0.320 e. The highest BCUT2D eigenvalue weighted by Crippen LogP contribution is 2.29. The molecule has 2 aliphatic rings. The van der Waals surface area contributed by atoms with Gasteiger partial charge in [0.25, 0.3) is 0 Å². The van der Waals surface area contributed by atoms with Crippen molar-refractivity contribution in [1.29, 1.82) is 0 Å². The standard InChI is InChI=1S/C10H17NO2/c12-10(13)9-6-3-7-11(9)8-4-1-2-5-8/h8-9H,1-7H2,(H,12,13)/t9-/m0/s1. The highest BCUT2D eigenvalue weighted by Gasteiger charge is 2.36. The molecule has 1 aliphatic carbocycles. The molecule has 0 unspecified atom stereocenters. The predicted molar refractivity (Wildman–Crippen MR) is 49.6 cm³/mol. The van der Waals surface area contributed by atoms with E-state index in [-0.39, 0.29) is 6.04 Å². The molecule has 0 aromatic rings. The number of carbonyl (C=O) groups is 1. The van der Waals surface area contributed by atoms with Gasteiger partial charge in [0.2, 0.25) is 0 Å². The van der Waals surface area contributed by atoms with E-state index in [0.717, 1.165) is 19.4 Å². The lowest BCUT2D eigenvalue weighted by Gasteiger charge is -2.27. The summed E-state index contributed by atoms with van der Waals surface area (Å²) in [6.07, 6.45) is 6.91. The van der Waals surface area contributed by atoms with E-state index in [4.69, 9.17) is 5.11 Å². The normalized spacial score (nSPS) is 31.2. The summed E-state index contributed by atoms with van der Waals surface area (Å²) in [7, 11) is 0. The van der Waals surface area contributed by atoms with Gasteiger partial charge in [0.05, 0.1) is 0 Å². The van der Waals surface area contributed by atoms with Gasteiger partial charge in [0.15, 0.2) is 0 Å². The molecule has 74 valence electrons. The Balaban J connectivity index is 2.00. The van der Waals surface area contributed by atoms with Crippen molar-refractivity contribution in [3.05, 3.63) is 0 Å². The number of carboxylic acid groups (broad SMARTS) is 1. The first-order chi connectivity index (χ1) is 6.29. The van der Waals surface area contributed by atoms with Crippen molar-refractivity contribution in [1.82, 2.24) is 4.90 Å². The number of nitrogens with zero attached hydrogens (tertiary/aromatic N) is 1. The van der Waals surface area contributed by atoms with Crippen molar-refractivity contribution in [3.63, 3.8) is 0 Å². The molecule has 2 fully saturated rings. The summed E-state index contributed by atoms with van der Waals surface area (Å²) in [5.41, 5.74) is 0. The zero-order chi connectivity index (χ0) is 9.26. The van der Waals surface area contributed by atoms with Gasteiger partial charge in [-0.1, -0.05) is 12.8 Å². The van der Waals surface area contributed by atoms with Gasteiger partial charge in [-0.2, -0.15) is 0 Å². The van der Waals surface area contributed by atoms with Crippen molar-refractivity contribution in [2.75, 3.05) is 6.54 Å². The van der Waals surface area contributed by atoms with Crippen LogP contribution >= 0.6 is 0 Å². The quantitative estimate of drug-likeness (QED) is 0.705. The van der Waals surface area contributed by atoms with Crippen LogP contribution in [0.4, 0.5) is 0 Å². The molecule has 0 aromatic heterocycles. The number of rotatable bonds is 2. The molecule has 0 spiro atoms. The van der Waals surface area contributed by atoms with E-state index >= 15 is 0 Å². The molecule has 3 heteroatoms. The number of hydrogen-bond acceptors (Lipinski definition) is 2. The largest absolute Gasteiger partial charge is 0.480 e. The zero-order valence-corrected chi connectivity index (χ0v) is 7.91. The monoisotopic (exact) mass is 183 g/mol. The van der Waals surface area contributed by atoms with E-state index in [1.54, 1.807) is 0 Å².